The highest BCUT2D eigenvalue weighted by atomic mass is 16.4. The number of amides is 2. The molecule has 2 rings (SSSR count). The molecule has 8 heteroatoms. The van der Waals surface area contributed by atoms with Crippen LogP contribution in [0.2, 0.25) is 0 Å². The lowest BCUT2D eigenvalue weighted by molar-refractivity contribution is 0.205. The first-order valence-electron chi connectivity index (χ1n) is 5.05. The average Bonchev–Trinajstić information content (AvgIpc) is 2.41. The Labute approximate surface area is 102 Å². The zero-order valence-corrected chi connectivity index (χ0v) is 9.26. The van der Waals surface area contributed by atoms with Gasteiger partial charge in [0.05, 0.1) is 19.0 Å². The Morgan fingerprint density at radius 1 is 1.50 bits per heavy atom. The molecule has 0 fully saturated rings. The Balaban J connectivity index is 2.07. The topological polar surface area (TPSA) is 103 Å². The van der Waals surface area contributed by atoms with Crippen molar-refractivity contribution in [3.8, 4) is 0 Å². The fraction of sp³-hybridized carbons (Fsp3) is 0.100. The zero-order valence-electron chi connectivity index (χ0n) is 9.26. The minimum Gasteiger partial charge on any atom is -0.411 e. The van der Waals surface area contributed by atoms with E-state index in [1.807, 2.05) is 6.07 Å². The van der Waals surface area contributed by atoms with Crippen LogP contribution < -0.4 is 5.43 Å². The van der Waals surface area contributed by atoms with Gasteiger partial charge in [-0.2, -0.15) is 10.2 Å². The number of hydrogen-bond acceptors (Lipinski definition) is 6. The number of carbonyl (C=O) groups excluding carboxylic acids is 1. The van der Waals surface area contributed by atoms with Gasteiger partial charge in [0, 0.05) is 18.0 Å². The van der Waals surface area contributed by atoms with Crippen molar-refractivity contribution < 1.29 is 10.0 Å². The van der Waals surface area contributed by atoms with E-state index in [0.717, 1.165) is 16.8 Å². The molecule has 1 aromatic heterocycles. The maximum atomic E-state index is 11.4. The normalized spacial score (nSPS) is 16.1. The number of nitrogens with one attached hydrogen (secondary N) is 1. The Morgan fingerprint density at radius 3 is 3.11 bits per heavy atom. The van der Waals surface area contributed by atoms with Crippen molar-refractivity contribution in [2.75, 3.05) is 6.54 Å². The van der Waals surface area contributed by atoms with Crippen LogP contribution in [0.5, 0.6) is 0 Å². The second-order valence-corrected chi connectivity index (χ2v) is 3.35. The molecule has 2 heterocycles. The fourth-order valence-corrected chi connectivity index (χ4v) is 1.26. The summed E-state index contributed by atoms with van der Waals surface area (Å²) in [5, 5.41) is 20.1. The Hall–Kier alpha value is -2.77. The highest BCUT2D eigenvalue weighted by Gasteiger charge is 2.18. The molecule has 1 aromatic rings. The number of aromatic nitrogens is 1. The van der Waals surface area contributed by atoms with E-state index in [9.17, 15) is 4.79 Å². The van der Waals surface area contributed by atoms with Crippen molar-refractivity contribution in [2.45, 2.75) is 0 Å². The summed E-state index contributed by atoms with van der Waals surface area (Å²) in [5.74, 6) is 0. The number of rotatable bonds is 3. The van der Waals surface area contributed by atoms with Gasteiger partial charge in [0.1, 0.15) is 5.71 Å². The van der Waals surface area contributed by atoms with Crippen LogP contribution in [0.3, 0.4) is 0 Å². The number of oxime groups is 1. The lowest BCUT2D eigenvalue weighted by Crippen LogP contribution is -2.43. The second kappa shape index (κ2) is 5.53. The van der Waals surface area contributed by atoms with Crippen molar-refractivity contribution in [3.05, 3.63) is 30.1 Å². The van der Waals surface area contributed by atoms with Crippen molar-refractivity contribution >= 4 is 24.2 Å². The number of hydrogen-bond donors (Lipinski definition) is 2. The van der Waals surface area contributed by atoms with E-state index in [0.29, 0.717) is 5.71 Å². The van der Waals surface area contributed by atoms with Crippen LogP contribution in [-0.4, -0.2) is 45.9 Å². The van der Waals surface area contributed by atoms with Crippen molar-refractivity contribution in [2.24, 2.45) is 15.4 Å². The molecule has 8 nitrogen and oxygen atoms in total. The van der Waals surface area contributed by atoms with Gasteiger partial charge in [0.2, 0.25) is 0 Å². The minimum atomic E-state index is -0.453. The Kier molecular flexibility index (Phi) is 3.59. The van der Waals surface area contributed by atoms with Gasteiger partial charge in [-0.3, -0.25) is 4.98 Å². The van der Waals surface area contributed by atoms with Crippen LogP contribution in [-0.2, 0) is 0 Å². The lowest BCUT2D eigenvalue weighted by atomic mass is 10.3. The van der Waals surface area contributed by atoms with Crippen molar-refractivity contribution in [3.63, 3.8) is 0 Å². The number of nitrogens with zero attached hydrogens (tertiary/aromatic N) is 5. The molecule has 0 radical (unpaired) electrons. The Bertz CT molecular complexity index is 510. The van der Waals surface area contributed by atoms with Crippen LogP contribution in [0.15, 0.2) is 39.9 Å². The fourth-order valence-electron chi connectivity index (χ4n) is 1.26. The lowest BCUT2D eigenvalue weighted by Gasteiger charge is -2.19. The summed E-state index contributed by atoms with van der Waals surface area (Å²) in [7, 11) is 0. The second-order valence-electron chi connectivity index (χ2n) is 3.35. The van der Waals surface area contributed by atoms with Gasteiger partial charge in [-0.05, 0) is 6.07 Å². The molecule has 0 aromatic carbocycles. The van der Waals surface area contributed by atoms with E-state index in [1.165, 1.54) is 6.21 Å². The first-order chi connectivity index (χ1) is 8.79. The molecule has 2 N–H and O–H groups in total. The van der Waals surface area contributed by atoms with Crippen LogP contribution in [0, 0.1) is 0 Å². The molecule has 0 saturated carbocycles. The predicted octanol–water partition coefficient (Wildman–Crippen LogP) is 0.257. The summed E-state index contributed by atoms with van der Waals surface area (Å²) in [6.07, 6.45) is 5.90. The van der Waals surface area contributed by atoms with Crippen LogP contribution >= 0.6 is 0 Å². The Morgan fingerprint density at radius 2 is 2.39 bits per heavy atom. The first kappa shape index (κ1) is 11.7. The summed E-state index contributed by atoms with van der Waals surface area (Å²) < 4.78 is 0. The molecule has 0 aliphatic carbocycles. The van der Waals surface area contributed by atoms with Crippen LogP contribution in [0.4, 0.5) is 4.79 Å². The third-order valence-electron chi connectivity index (χ3n) is 2.08. The summed E-state index contributed by atoms with van der Waals surface area (Å²) in [4.78, 5) is 15.4. The highest BCUT2D eigenvalue weighted by Crippen LogP contribution is 1.99. The van der Waals surface area contributed by atoms with Crippen LogP contribution in [0.1, 0.15) is 5.56 Å². The number of carbonyl (C=O) groups is 1. The molecule has 1 aliphatic heterocycles. The molecule has 18 heavy (non-hydrogen) atoms. The number of urea groups is 1. The molecule has 2 amide bonds. The summed E-state index contributed by atoms with van der Waals surface area (Å²) in [6.45, 7) is 0.132. The average molecular weight is 246 g/mol. The van der Waals surface area contributed by atoms with Gasteiger partial charge in [-0.1, -0.05) is 11.2 Å². The molecule has 0 atom stereocenters. The predicted molar refractivity (Wildman–Crippen MR) is 64.8 cm³/mol. The molecular formula is C10H10N6O2. The van der Waals surface area contributed by atoms with Gasteiger partial charge in [-0.15, -0.1) is 0 Å². The quantitative estimate of drug-likeness (QED) is 0.454. The van der Waals surface area contributed by atoms with Gasteiger partial charge in [-0.25, -0.2) is 15.2 Å². The number of pyridine rings is 1. The zero-order chi connectivity index (χ0) is 12.8. The molecule has 1 aliphatic rings. The standard InChI is InChI=1S/C10H10N6O2/c17-10-15-14-9(6-13-18)7-16(10)12-5-8-2-1-3-11-4-8/h1-6,18H,7H2,(H,15,17)/b12-5+,13-6+. The molecule has 0 spiro atoms. The third kappa shape index (κ3) is 2.88. The van der Waals surface area contributed by atoms with Crippen molar-refractivity contribution in [1.82, 2.24) is 15.4 Å². The van der Waals surface area contributed by atoms with E-state index in [2.05, 4.69) is 25.8 Å². The van der Waals surface area contributed by atoms with Crippen molar-refractivity contribution in [1.29, 1.82) is 0 Å². The van der Waals surface area contributed by atoms with E-state index in [1.54, 1.807) is 18.5 Å². The minimum absolute atomic E-state index is 0.132. The van der Waals surface area contributed by atoms with Gasteiger partial charge in [0.25, 0.3) is 0 Å². The SMILES string of the molecule is O=C1NN=C(/C=N/O)CN1/N=C/c1cccnc1. The summed E-state index contributed by atoms with van der Waals surface area (Å²) >= 11 is 0. The van der Waals surface area contributed by atoms with Gasteiger partial charge in [0.15, 0.2) is 0 Å². The van der Waals surface area contributed by atoms with Gasteiger partial charge < -0.3 is 5.21 Å². The molecule has 92 valence electrons. The first-order valence-corrected chi connectivity index (χ1v) is 5.05. The van der Waals surface area contributed by atoms with E-state index in [-0.39, 0.29) is 6.54 Å². The maximum Gasteiger partial charge on any atom is 0.358 e. The summed E-state index contributed by atoms with van der Waals surface area (Å²) in [6, 6.07) is 3.12. The monoisotopic (exact) mass is 246 g/mol. The smallest absolute Gasteiger partial charge is 0.358 e. The molecule has 0 unspecified atom stereocenters. The van der Waals surface area contributed by atoms with E-state index < -0.39 is 6.03 Å². The molecule has 0 saturated heterocycles. The van der Waals surface area contributed by atoms with E-state index in [4.69, 9.17) is 5.21 Å². The maximum absolute atomic E-state index is 11.4. The highest BCUT2D eigenvalue weighted by molar-refractivity contribution is 6.32. The summed E-state index contributed by atoms with van der Waals surface area (Å²) in [5.41, 5.74) is 3.40. The van der Waals surface area contributed by atoms with E-state index >= 15 is 0 Å². The van der Waals surface area contributed by atoms with Gasteiger partial charge >= 0.3 is 6.03 Å². The third-order valence-corrected chi connectivity index (χ3v) is 2.08. The largest absolute Gasteiger partial charge is 0.411 e. The molecular weight excluding hydrogens is 236 g/mol. The van der Waals surface area contributed by atoms with Crippen LogP contribution in [0.25, 0.3) is 0 Å². The molecule has 0 bridgehead atoms. The number of hydrazone groups is 2.